The van der Waals surface area contributed by atoms with Gasteiger partial charge in [0, 0.05) is 17.1 Å². The summed E-state index contributed by atoms with van der Waals surface area (Å²) in [6.45, 7) is 0.848. The molecule has 4 nitrogen and oxygen atoms in total. The average molecular weight is 189 g/mol. The van der Waals surface area contributed by atoms with E-state index in [-0.39, 0.29) is 23.7 Å². The second-order valence-electron chi connectivity index (χ2n) is 1.97. The molecule has 0 bridgehead atoms. The summed E-state index contributed by atoms with van der Waals surface area (Å²) in [5.74, 6) is 0. The molecule has 1 aliphatic heterocycles. The molecule has 0 aromatic heterocycles. The molecule has 0 aliphatic carbocycles. The Kier molecular flexibility index (Phi) is 4.44. The van der Waals surface area contributed by atoms with E-state index in [9.17, 15) is 0 Å². The molecule has 3 N–H and O–H groups in total. The van der Waals surface area contributed by atoms with Gasteiger partial charge in [0.1, 0.15) is 0 Å². The molecule has 10 heavy (non-hydrogen) atoms. The fourth-order valence-corrected chi connectivity index (χ4v) is 0.713. The number of hydrogen-bond acceptors (Lipinski definition) is 4. The third kappa shape index (κ3) is 1.92. The van der Waals surface area contributed by atoms with E-state index in [1.807, 2.05) is 0 Å². The second kappa shape index (κ2) is 4.28. The number of aliphatic hydroxyl groups is 3. The Morgan fingerprint density at radius 2 is 2.00 bits per heavy atom. The van der Waals surface area contributed by atoms with Gasteiger partial charge in [-0.3, -0.25) is 0 Å². The molecular weight excluding hydrogens is 180 g/mol. The van der Waals surface area contributed by atoms with Crippen LogP contribution in [-0.2, 0) is 21.8 Å². The Balaban J connectivity index is 0.000000810. The Hall–Kier alpha value is 0.359. The fraction of sp³-hybridized carbons (Fsp3) is 0.800. The predicted octanol–water partition coefficient (Wildman–Crippen LogP) is -1.74. The summed E-state index contributed by atoms with van der Waals surface area (Å²) in [4.78, 5) is 0. The predicted molar refractivity (Wildman–Crippen MR) is 28.3 cm³/mol. The molecular formula is C5H9FeO4-. The SMILES string of the molecule is OC[C@H]1O[CH-][C@H](O)[C@@H]1O.[Fe]. The standard InChI is InChI=1S/C5H9O4.Fe/c6-1-4-5(8)3(7)2-9-4;/h2-8H,1H2;/q-1;/t3-,4+,5-;/m0./s1. The fourth-order valence-electron chi connectivity index (χ4n) is 0.713. The summed E-state index contributed by atoms with van der Waals surface area (Å²) in [6, 6.07) is 0. The number of ether oxygens (including phenoxy) is 1. The second-order valence-corrected chi connectivity index (χ2v) is 1.97. The largest absolute Gasteiger partial charge is 0.544 e. The summed E-state index contributed by atoms with van der Waals surface area (Å²) in [6.07, 6.45) is -2.59. The summed E-state index contributed by atoms with van der Waals surface area (Å²) >= 11 is 0. The Bertz CT molecular complexity index is 99.6. The molecule has 1 heterocycles. The third-order valence-electron chi connectivity index (χ3n) is 1.30. The van der Waals surface area contributed by atoms with E-state index in [0.29, 0.717) is 0 Å². The van der Waals surface area contributed by atoms with Crippen LogP contribution in [0.4, 0.5) is 0 Å². The molecule has 62 valence electrons. The number of rotatable bonds is 1. The quantitative estimate of drug-likeness (QED) is 0.338. The molecule has 1 aliphatic rings. The van der Waals surface area contributed by atoms with Crippen molar-refractivity contribution >= 4 is 0 Å². The molecule has 3 atom stereocenters. The molecule has 0 saturated carbocycles. The molecule has 0 radical (unpaired) electrons. The molecule has 0 aromatic carbocycles. The summed E-state index contributed by atoms with van der Waals surface area (Å²) < 4.78 is 4.65. The van der Waals surface area contributed by atoms with Gasteiger partial charge in [0.2, 0.25) is 0 Å². The molecule has 5 heteroatoms. The minimum absolute atomic E-state index is 0. The van der Waals surface area contributed by atoms with E-state index in [2.05, 4.69) is 4.74 Å². The van der Waals surface area contributed by atoms with Crippen LogP contribution < -0.4 is 0 Å². The van der Waals surface area contributed by atoms with Crippen LogP contribution in [0, 0.1) is 6.61 Å². The zero-order valence-corrected chi connectivity index (χ0v) is 6.22. The maximum absolute atomic E-state index is 8.89. The minimum Gasteiger partial charge on any atom is -0.544 e. The van der Waals surface area contributed by atoms with E-state index < -0.39 is 18.3 Å². The van der Waals surface area contributed by atoms with Gasteiger partial charge < -0.3 is 20.1 Å². The first kappa shape index (κ1) is 10.4. The topological polar surface area (TPSA) is 69.9 Å². The van der Waals surface area contributed by atoms with Crippen molar-refractivity contribution in [2.75, 3.05) is 6.61 Å². The number of hydrogen-bond donors (Lipinski definition) is 3. The van der Waals surface area contributed by atoms with Crippen molar-refractivity contribution in [3.05, 3.63) is 6.61 Å². The normalized spacial score (nSPS) is 39.3. The maximum Gasteiger partial charge on any atom is 0.0794 e. The van der Waals surface area contributed by atoms with Gasteiger partial charge in [-0.15, -0.1) is 0 Å². The zero-order valence-electron chi connectivity index (χ0n) is 5.12. The van der Waals surface area contributed by atoms with Crippen LogP contribution in [0.5, 0.6) is 0 Å². The first-order valence-corrected chi connectivity index (χ1v) is 2.71. The van der Waals surface area contributed by atoms with Gasteiger partial charge in [0.15, 0.2) is 0 Å². The van der Waals surface area contributed by atoms with E-state index in [1.54, 1.807) is 0 Å². The maximum atomic E-state index is 8.89. The molecule has 1 rings (SSSR count). The van der Waals surface area contributed by atoms with Gasteiger partial charge in [0.05, 0.1) is 18.8 Å². The minimum atomic E-state index is -0.977. The van der Waals surface area contributed by atoms with Crippen LogP contribution in [0.3, 0.4) is 0 Å². The third-order valence-corrected chi connectivity index (χ3v) is 1.30. The molecule has 0 unspecified atom stereocenters. The van der Waals surface area contributed by atoms with Crippen LogP contribution in [0.15, 0.2) is 0 Å². The first-order chi connectivity index (χ1) is 4.25. The van der Waals surface area contributed by atoms with Gasteiger partial charge in [-0.1, -0.05) is 0 Å². The van der Waals surface area contributed by atoms with Crippen LogP contribution in [0.25, 0.3) is 0 Å². The molecule has 0 amide bonds. The van der Waals surface area contributed by atoms with Crippen molar-refractivity contribution in [2.24, 2.45) is 0 Å². The van der Waals surface area contributed by atoms with Crippen molar-refractivity contribution in [1.82, 2.24) is 0 Å². The van der Waals surface area contributed by atoms with E-state index in [4.69, 9.17) is 15.3 Å². The van der Waals surface area contributed by atoms with E-state index in [1.165, 1.54) is 0 Å². The van der Waals surface area contributed by atoms with Gasteiger partial charge in [0.25, 0.3) is 0 Å². The van der Waals surface area contributed by atoms with Gasteiger partial charge >= 0.3 is 0 Å². The first-order valence-electron chi connectivity index (χ1n) is 2.71. The van der Waals surface area contributed by atoms with E-state index >= 15 is 0 Å². The van der Waals surface area contributed by atoms with Gasteiger partial charge in [-0.2, -0.15) is 6.61 Å². The zero-order chi connectivity index (χ0) is 6.85. The van der Waals surface area contributed by atoms with Crippen LogP contribution >= 0.6 is 0 Å². The molecule has 1 fully saturated rings. The van der Waals surface area contributed by atoms with Crippen molar-refractivity contribution in [3.8, 4) is 0 Å². The monoisotopic (exact) mass is 189 g/mol. The Morgan fingerprint density at radius 1 is 1.40 bits per heavy atom. The Labute approximate surface area is 69.3 Å². The summed E-state index contributed by atoms with van der Waals surface area (Å²) in [7, 11) is 0. The molecule has 1 saturated heterocycles. The summed E-state index contributed by atoms with van der Waals surface area (Å²) in [5, 5.41) is 26.1. The Morgan fingerprint density at radius 3 is 2.20 bits per heavy atom. The van der Waals surface area contributed by atoms with Crippen LogP contribution in [-0.4, -0.2) is 40.2 Å². The number of aliphatic hydroxyl groups excluding tert-OH is 3. The van der Waals surface area contributed by atoms with Crippen molar-refractivity contribution < 1.29 is 37.1 Å². The van der Waals surface area contributed by atoms with E-state index in [0.717, 1.165) is 6.61 Å². The van der Waals surface area contributed by atoms with Crippen molar-refractivity contribution in [2.45, 2.75) is 18.3 Å². The molecule has 0 spiro atoms. The summed E-state index contributed by atoms with van der Waals surface area (Å²) in [5.41, 5.74) is 0. The molecule has 0 aromatic rings. The van der Waals surface area contributed by atoms with Crippen molar-refractivity contribution in [3.63, 3.8) is 0 Å². The van der Waals surface area contributed by atoms with Crippen LogP contribution in [0.2, 0.25) is 0 Å². The van der Waals surface area contributed by atoms with Crippen molar-refractivity contribution in [1.29, 1.82) is 0 Å². The average Bonchev–Trinajstić information content (AvgIpc) is 2.15. The van der Waals surface area contributed by atoms with Gasteiger partial charge in [-0.05, 0) is 6.10 Å². The van der Waals surface area contributed by atoms with Crippen LogP contribution in [0.1, 0.15) is 0 Å². The smallest absolute Gasteiger partial charge is 0.0794 e. The van der Waals surface area contributed by atoms with Gasteiger partial charge in [-0.25, -0.2) is 0 Å².